The van der Waals surface area contributed by atoms with Gasteiger partial charge in [0.2, 0.25) is 0 Å². The summed E-state index contributed by atoms with van der Waals surface area (Å²) in [7, 11) is 1.91. The van der Waals surface area contributed by atoms with Crippen molar-refractivity contribution in [2.75, 3.05) is 17.3 Å². The molecule has 182 valence electrons. The van der Waals surface area contributed by atoms with Crippen LogP contribution >= 0.6 is 23.2 Å². The number of hydrogen-bond acceptors (Lipinski definition) is 5. The van der Waals surface area contributed by atoms with Gasteiger partial charge in [-0.05, 0) is 78.9 Å². The van der Waals surface area contributed by atoms with Gasteiger partial charge in [0.15, 0.2) is 5.78 Å². The molecule has 3 N–H and O–H groups in total. The number of aromatic carboxylic acids is 1. The van der Waals surface area contributed by atoms with Crippen LogP contribution in [0.25, 0.3) is 0 Å². The Morgan fingerprint density at radius 2 is 1.36 bits per heavy atom. The maximum absolute atomic E-state index is 13.2. The summed E-state index contributed by atoms with van der Waals surface area (Å²) in [6, 6.07) is 23.6. The van der Waals surface area contributed by atoms with Gasteiger partial charge >= 0.3 is 5.97 Å². The number of carboxylic acids is 1. The van der Waals surface area contributed by atoms with E-state index >= 15 is 0 Å². The lowest BCUT2D eigenvalue weighted by Gasteiger charge is -2.20. The molecule has 4 rings (SSSR count). The molecule has 0 atom stereocenters. The van der Waals surface area contributed by atoms with Gasteiger partial charge in [-0.1, -0.05) is 29.3 Å². The highest BCUT2D eigenvalue weighted by atomic mass is 35.5. The number of phenolic OH excluding ortho intramolecular Hbond substituents is 1. The van der Waals surface area contributed by atoms with Crippen LogP contribution in [0.15, 0.2) is 84.9 Å². The van der Waals surface area contributed by atoms with Crippen LogP contribution in [-0.4, -0.2) is 29.0 Å². The predicted octanol–water partition coefficient (Wildman–Crippen LogP) is 7.01. The largest absolute Gasteiger partial charge is 0.508 e. The second-order valence-electron chi connectivity index (χ2n) is 8.14. The average Bonchev–Trinajstić information content (AvgIpc) is 2.87. The van der Waals surface area contributed by atoms with Crippen molar-refractivity contribution in [1.82, 2.24) is 0 Å². The number of phenols is 1. The molecule has 0 saturated heterocycles. The van der Waals surface area contributed by atoms with Crippen molar-refractivity contribution in [2.45, 2.75) is 6.54 Å². The molecule has 6 nitrogen and oxygen atoms in total. The van der Waals surface area contributed by atoms with E-state index in [0.717, 1.165) is 11.4 Å². The van der Waals surface area contributed by atoms with Crippen molar-refractivity contribution >= 4 is 52.0 Å². The minimum absolute atomic E-state index is 0.0179. The molecular weight excluding hydrogens is 499 g/mol. The molecule has 36 heavy (non-hydrogen) atoms. The molecule has 0 saturated carbocycles. The van der Waals surface area contributed by atoms with E-state index in [9.17, 15) is 19.8 Å². The summed E-state index contributed by atoms with van der Waals surface area (Å²) in [5.41, 5.74) is 3.46. The van der Waals surface area contributed by atoms with E-state index < -0.39 is 5.97 Å². The molecule has 0 bridgehead atoms. The molecule has 0 aromatic heterocycles. The van der Waals surface area contributed by atoms with E-state index in [0.29, 0.717) is 26.9 Å². The number of anilines is 3. The third-order valence-electron chi connectivity index (χ3n) is 5.70. The number of carboxylic acid groups (broad SMARTS) is 1. The van der Waals surface area contributed by atoms with Crippen LogP contribution in [0.4, 0.5) is 17.1 Å². The van der Waals surface area contributed by atoms with E-state index in [1.807, 2.05) is 36.2 Å². The highest BCUT2D eigenvalue weighted by molar-refractivity contribution is 6.31. The van der Waals surface area contributed by atoms with Crippen LogP contribution in [0.2, 0.25) is 10.0 Å². The first-order chi connectivity index (χ1) is 17.2. The van der Waals surface area contributed by atoms with Gasteiger partial charge in [0.1, 0.15) is 5.75 Å². The monoisotopic (exact) mass is 520 g/mol. The molecule has 0 aliphatic carbocycles. The van der Waals surface area contributed by atoms with Crippen molar-refractivity contribution in [3.05, 3.63) is 117 Å². The summed E-state index contributed by atoms with van der Waals surface area (Å²) in [4.78, 5) is 26.9. The smallest absolute Gasteiger partial charge is 0.335 e. The summed E-state index contributed by atoms with van der Waals surface area (Å²) < 4.78 is 0. The van der Waals surface area contributed by atoms with Gasteiger partial charge in [-0.2, -0.15) is 0 Å². The molecule has 4 aromatic rings. The first-order valence-corrected chi connectivity index (χ1v) is 11.7. The van der Waals surface area contributed by atoms with Gasteiger partial charge in [0.25, 0.3) is 0 Å². The number of carbonyl (C=O) groups is 2. The molecule has 0 fully saturated rings. The van der Waals surface area contributed by atoms with Crippen LogP contribution in [0, 0.1) is 0 Å². The lowest BCUT2D eigenvalue weighted by molar-refractivity contribution is 0.0697. The Labute approximate surface area is 218 Å². The van der Waals surface area contributed by atoms with Crippen molar-refractivity contribution in [1.29, 1.82) is 0 Å². The molecule has 0 amide bonds. The average molecular weight is 521 g/mol. The Morgan fingerprint density at radius 1 is 0.778 bits per heavy atom. The van der Waals surface area contributed by atoms with E-state index in [1.54, 1.807) is 42.5 Å². The molecule has 0 unspecified atom stereocenters. The lowest BCUT2D eigenvalue weighted by Crippen LogP contribution is -2.10. The van der Waals surface area contributed by atoms with E-state index in [1.165, 1.54) is 18.2 Å². The van der Waals surface area contributed by atoms with Gasteiger partial charge in [-0.25, -0.2) is 4.79 Å². The zero-order valence-electron chi connectivity index (χ0n) is 19.2. The Hall–Kier alpha value is -4.00. The Balaban J connectivity index is 1.56. The normalized spacial score (nSPS) is 10.6. The minimum atomic E-state index is -1.15. The molecular formula is C28H22Cl2N2O4. The number of ketones is 1. The van der Waals surface area contributed by atoms with Crippen molar-refractivity contribution in [3.8, 4) is 5.75 Å². The summed E-state index contributed by atoms with van der Waals surface area (Å²) in [6.07, 6.45) is 0. The number of halogens is 2. The second-order valence-corrected chi connectivity index (χ2v) is 9.02. The fourth-order valence-corrected chi connectivity index (χ4v) is 3.98. The summed E-state index contributed by atoms with van der Waals surface area (Å²) >= 11 is 11.8. The molecule has 0 heterocycles. The van der Waals surface area contributed by atoms with E-state index in [2.05, 4.69) is 5.32 Å². The number of hydrogen-bond donors (Lipinski definition) is 3. The maximum atomic E-state index is 13.2. The fraction of sp³-hybridized carbons (Fsp3) is 0.0714. The van der Waals surface area contributed by atoms with Crippen LogP contribution in [-0.2, 0) is 6.54 Å². The lowest BCUT2D eigenvalue weighted by atomic mass is 10.00. The molecule has 0 aliphatic rings. The van der Waals surface area contributed by atoms with Gasteiger partial charge in [0.05, 0.1) is 5.56 Å². The van der Waals surface area contributed by atoms with Crippen LogP contribution in [0.5, 0.6) is 5.75 Å². The minimum Gasteiger partial charge on any atom is -0.508 e. The summed E-state index contributed by atoms with van der Waals surface area (Å²) in [5, 5.41) is 23.8. The van der Waals surface area contributed by atoms with Crippen LogP contribution in [0.1, 0.15) is 31.8 Å². The number of benzene rings is 4. The zero-order chi connectivity index (χ0) is 25.8. The third kappa shape index (κ3) is 5.79. The fourth-order valence-electron chi connectivity index (χ4n) is 3.68. The Morgan fingerprint density at radius 3 is 1.97 bits per heavy atom. The van der Waals surface area contributed by atoms with Gasteiger partial charge in [-0.15, -0.1) is 0 Å². The van der Waals surface area contributed by atoms with E-state index in [4.69, 9.17) is 23.2 Å². The molecule has 0 spiro atoms. The standard InChI is InChI=1S/C28H22Cl2N2O4/c1-32(25-10-6-21(29)7-11-25)24-8-3-17(4-9-24)27(34)19-12-20(28(35)36)14-23(13-19)31-16-18-2-5-22(30)15-26(18)33/h2-15,31,33H,16H2,1H3,(H,35,36). The van der Waals surface area contributed by atoms with E-state index in [-0.39, 0.29) is 29.2 Å². The van der Waals surface area contributed by atoms with Crippen LogP contribution in [0.3, 0.4) is 0 Å². The first kappa shape index (κ1) is 25.1. The SMILES string of the molecule is CN(c1ccc(Cl)cc1)c1ccc(C(=O)c2cc(NCc3ccc(Cl)cc3O)cc(C(=O)O)c2)cc1. The zero-order valence-corrected chi connectivity index (χ0v) is 20.7. The number of rotatable bonds is 8. The number of nitrogens with one attached hydrogen (secondary N) is 1. The Kier molecular flexibility index (Phi) is 7.48. The number of carbonyl (C=O) groups excluding carboxylic acids is 1. The van der Waals surface area contributed by atoms with Crippen molar-refractivity contribution in [3.63, 3.8) is 0 Å². The van der Waals surface area contributed by atoms with Crippen LogP contribution < -0.4 is 10.2 Å². The summed E-state index contributed by atoms with van der Waals surface area (Å²) in [6.45, 7) is 0.214. The summed E-state index contributed by atoms with van der Waals surface area (Å²) in [5.74, 6) is -1.44. The highest BCUT2D eigenvalue weighted by Crippen LogP contribution is 2.27. The first-order valence-electron chi connectivity index (χ1n) is 10.9. The van der Waals surface area contributed by atoms with Gasteiger partial charge < -0.3 is 20.4 Å². The topological polar surface area (TPSA) is 89.9 Å². The third-order valence-corrected chi connectivity index (χ3v) is 6.19. The van der Waals surface area contributed by atoms with Gasteiger partial charge in [0, 0.05) is 57.4 Å². The predicted molar refractivity (Wildman–Crippen MR) is 143 cm³/mol. The molecule has 0 aliphatic heterocycles. The van der Waals surface area contributed by atoms with Gasteiger partial charge in [-0.3, -0.25) is 4.79 Å². The second kappa shape index (κ2) is 10.7. The number of nitrogens with zero attached hydrogens (tertiary/aromatic N) is 1. The molecule has 8 heteroatoms. The molecule has 4 aromatic carbocycles. The maximum Gasteiger partial charge on any atom is 0.335 e. The quantitative estimate of drug-likeness (QED) is 0.216. The number of aromatic hydroxyl groups is 1. The van der Waals surface area contributed by atoms with Crippen molar-refractivity contribution in [2.24, 2.45) is 0 Å². The Bertz CT molecular complexity index is 1420. The molecule has 0 radical (unpaired) electrons. The highest BCUT2D eigenvalue weighted by Gasteiger charge is 2.15. The van der Waals surface area contributed by atoms with Crippen molar-refractivity contribution < 1.29 is 19.8 Å².